The number of carbonyl (C=O) groups excluding carboxylic acids is 3. The Morgan fingerprint density at radius 3 is 2.52 bits per heavy atom. The fourth-order valence-corrected chi connectivity index (χ4v) is 3.13. The third-order valence-electron chi connectivity index (χ3n) is 3.68. The van der Waals surface area contributed by atoms with Gasteiger partial charge in [0.05, 0.1) is 22.7 Å². The fourth-order valence-electron chi connectivity index (χ4n) is 2.33. The average Bonchev–Trinajstić information content (AvgIpc) is 3.40. The van der Waals surface area contributed by atoms with Crippen molar-refractivity contribution >= 4 is 45.9 Å². The van der Waals surface area contributed by atoms with Gasteiger partial charge in [0.1, 0.15) is 0 Å². The number of ether oxygens (including phenoxy) is 1. The number of thiophene rings is 1. The van der Waals surface area contributed by atoms with Crippen LogP contribution in [0.2, 0.25) is 0 Å². The molecule has 0 fully saturated rings. The van der Waals surface area contributed by atoms with Crippen molar-refractivity contribution in [2.45, 2.75) is 6.92 Å². The van der Waals surface area contributed by atoms with Gasteiger partial charge in [-0.15, -0.1) is 11.3 Å². The predicted molar refractivity (Wildman–Crippen MR) is 111 cm³/mol. The highest BCUT2D eigenvalue weighted by atomic mass is 32.1. The molecule has 29 heavy (non-hydrogen) atoms. The van der Waals surface area contributed by atoms with Crippen molar-refractivity contribution in [3.8, 4) is 0 Å². The molecule has 0 aliphatic heterocycles. The Morgan fingerprint density at radius 1 is 1.03 bits per heavy atom. The molecule has 2 aromatic heterocycles. The molecule has 0 atom stereocenters. The Kier molecular flexibility index (Phi) is 6.59. The first-order valence-electron chi connectivity index (χ1n) is 8.76. The number of furan rings is 1. The van der Waals surface area contributed by atoms with Crippen molar-refractivity contribution in [3.05, 3.63) is 77.1 Å². The summed E-state index contributed by atoms with van der Waals surface area (Å²) >= 11 is 1.16. The summed E-state index contributed by atoms with van der Waals surface area (Å²) in [6.45, 7) is 2.07. The van der Waals surface area contributed by atoms with E-state index in [1.165, 1.54) is 12.3 Å². The Hall–Kier alpha value is -3.65. The van der Waals surface area contributed by atoms with Gasteiger partial charge in [-0.05, 0) is 55.0 Å². The second kappa shape index (κ2) is 9.52. The molecule has 3 aromatic rings. The normalized spacial score (nSPS) is 10.7. The van der Waals surface area contributed by atoms with E-state index in [-0.39, 0.29) is 17.6 Å². The minimum Gasteiger partial charge on any atom is -0.463 e. The van der Waals surface area contributed by atoms with Crippen LogP contribution in [0.5, 0.6) is 0 Å². The Morgan fingerprint density at radius 2 is 1.83 bits per heavy atom. The first-order valence-corrected chi connectivity index (χ1v) is 9.57. The van der Waals surface area contributed by atoms with E-state index in [0.717, 1.165) is 16.9 Å². The summed E-state index contributed by atoms with van der Waals surface area (Å²) < 4.78 is 9.86. The summed E-state index contributed by atoms with van der Waals surface area (Å²) in [7, 11) is 0. The first-order chi connectivity index (χ1) is 14.0. The van der Waals surface area contributed by atoms with Crippen LogP contribution in [0.3, 0.4) is 0 Å². The van der Waals surface area contributed by atoms with Crippen LogP contribution in [0.25, 0.3) is 6.08 Å². The third-order valence-corrected chi connectivity index (χ3v) is 4.68. The Balaban J connectivity index is 1.57. The molecule has 0 saturated heterocycles. The first kappa shape index (κ1) is 20.1. The van der Waals surface area contributed by atoms with Gasteiger partial charge in [0.2, 0.25) is 0 Å². The summed E-state index contributed by atoms with van der Waals surface area (Å²) in [5, 5.41) is 6.01. The lowest BCUT2D eigenvalue weighted by atomic mass is 10.2. The van der Waals surface area contributed by atoms with Crippen LogP contribution in [0, 0.1) is 0 Å². The Labute approximate surface area is 171 Å². The number of nitrogens with one attached hydrogen (secondary N) is 2. The summed E-state index contributed by atoms with van der Waals surface area (Å²) in [5.41, 5.74) is 1.41. The molecule has 0 saturated carbocycles. The number of hydrogen-bond acceptors (Lipinski definition) is 6. The van der Waals surface area contributed by atoms with Crippen molar-refractivity contribution in [3.63, 3.8) is 0 Å². The zero-order chi connectivity index (χ0) is 20.6. The van der Waals surface area contributed by atoms with Crippen LogP contribution < -0.4 is 10.6 Å². The van der Waals surface area contributed by atoms with Gasteiger partial charge in [0.25, 0.3) is 11.8 Å². The number of benzene rings is 1. The van der Waals surface area contributed by atoms with Gasteiger partial charge >= 0.3 is 5.97 Å². The highest BCUT2D eigenvalue weighted by molar-refractivity contribution is 7.18. The molecule has 0 spiro atoms. The van der Waals surface area contributed by atoms with E-state index in [1.807, 2.05) is 0 Å². The zero-order valence-electron chi connectivity index (χ0n) is 15.5. The Bertz CT molecular complexity index is 1020. The maximum Gasteiger partial charge on any atom is 0.330 e. The van der Waals surface area contributed by atoms with Crippen LogP contribution >= 0.6 is 11.3 Å². The van der Waals surface area contributed by atoms with Crippen molar-refractivity contribution in [1.82, 2.24) is 0 Å². The summed E-state index contributed by atoms with van der Waals surface area (Å²) in [4.78, 5) is 36.2. The minimum atomic E-state index is -0.405. The van der Waals surface area contributed by atoms with E-state index in [0.29, 0.717) is 22.2 Å². The van der Waals surface area contributed by atoms with Crippen molar-refractivity contribution in [2.24, 2.45) is 0 Å². The SMILES string of the molecule is CCOC(=O)/C=C/c1ccc(NC(=O)c2ccc(NC(=O)c3ccco3)s2)cc1. The van der Waals surface area contributed by atoms with Gasteiger partial charge in [-0.25, -0.2) is 4.79 Å². The molecule has 0 aliphatic rings. The van der Waals surface area contributed by atoms with Gasteiger partial charge in [-0.1, -0.05) is 12.1 Å². The monoisotopic (exact) mass is 410 g/mol. The van der Waals surface area contributed by atoms with Crippen LogP contribution in [0.15, 0.2) is 65.3 Å². The average molecular weight is 410 g/mol. The minimum absolute atomic E-state index is 0.196. The second-order valence-electron chi connectivity index (χ2n) is 5.76. The zero-order valence-corrected chi connectivity index (χ0v) is 16.3. The largest absolute Gasteiger partial charge is 0.463 e. The fraction of sp³-hybridized carbons (Fsp3) is 0.0952. The molecule has 0 radical (unpaired) electrons. The van der Waals surface area contributed by atoms with E-state index in [2.05, 4.69) is 10.6 Å². The van der Waals surface area contributed by atoms with Crippen molar-refractivity contribution in [1.29, 1.82) is 0 Å². The molecule has 0 aliphatic carbocycles. The quantitative estimate of drug-likeness (QED) is 0.444. The molecule has 1 aromatic carbocycles. The lowest BCUT2D eigenvalue weighted by molar-refractivity contribution is -0.137. The topological polar surface area (TPSA) is 97.6 Å². The van der Waals surface area contributed by atoms with Gasteiger partial charge in [0, 0.05) is 11.8 Å². The second-order valence-corrected chi connectivity index (χ2v) is 6.84. The van der Waals surface area contributed by atoms with E-state index >= 15 is 0 Å². The number of carbonyl (C=O) groups is 3. The summed E-state index contributed by atoms with van der Waals surface area (Å²) in [5.74, 6) is -0.877. The molecule has 8 heteroatoms. The van der Waals surface area contributed by atoms with E-state index in [9.17, 15) is 14.4 Å². The molecule has 0 unspecified atom stereocenters. The number of amides is 2. The van der Waals surface area contributed by atoms with Gasteiger partial charge < -0.3 is 19.8 Å². The number of anilines is 2. The third kappa shape index (κ3) is 5.66. The van der Waals surface area contributed by atoms with Crippen molar-refractivity contribution in [2.75, 3.05) is 17.2 Å². The van der Waals surface area contributed by atoms with Gasteiger partial charge in [-0.2, -0.15) is 0 Å². The highest BCUT2D eigenvalue weighted by Gasteiger charge is 2.13. The van der Waals surface area contributed by atoms with E-state index in [4.69, 9.17) is 9.15 Å². The van der Waals surface area contributed by atoms with Crippen molar-refractivity contribution < 1.29 is 23.5 Å². The van der Waals surface area contributed by atoms with E-state index in [1.54, 1.807) is 61.5 Å². The molecule has 3 rings (SSSR count). The maximum absolute atomic E-state index is 12.4. The number of hydrogen-bond donors (Lipinski definition) is 2. The van der Waals surface area contributed by atoms with Crippen LogP contribution in [-0.2, 0) is 9.53 Å². The maximum atomic E-state index is 12.4. The predicted octanol–water partition coefficient (Wildman–Crippen LogP) is 4.42. The molecule has 0 bridgehead atoms. The number of esters is 1. The molecule has 2 N–H and O–H groups in total. The molecular weight excluding hydrogens is 392 g/mol. The molecule has 2 heterocycles. The molecular formula is C21H18N2O5S. The number of rotatable bonds is 7. The van der Waals surface area contributed by atoms with Crippen LogP contribution in [0.4, 0.5) is 10.7 Å². The molecule has 2 amide bonds. The van der Waals surface area contributed by atoms with Gasteiger partial charge in [-0.3, -0.25) is 9.59 Å². The lowest BCUT2D eigenvalue weighted by Gasteiger charge is -2.04. The van der Waals surface area contributed by atoms with Crippen LogP contribution in [-0.4, -0.2) is 24.4 Å². The molecule has 7 nitrogen and oxygen atoms in total. The van der Waals surface area contributed by atoms with E-state index < -0.39 is 5.97 Å². The summed E-state index contributed by atoms with van der Waals surface area (Å²) in [6, 6.07) is 13.5. The highest BCUT2D eigenvalue weighted by Crippen LogP contribution is 2.24. The van der Waals surface area contributed by atoms with Gasteiger partial charge in [0.15, 0.2) is 5.76 Å². The lowest BCUT2D eigenvalue weighted by Crippen LogP contribution is -2.10. The smallest absolute Gasteiger partial charge is 0.330 e. The van der Waals surface area contributed by atoms with Crippen LogP contribution in [0.1, 0.15) is 32.7 Å². The molecule has 148 valence electrons. The standard InChI is InChI=1S/C21H18N2O5S/c1-2-27-19(24)12-7-14-5-8-15(9-6-14)22-21(26)17-10-11-18(29-17)23-20(25)16-4-3-13-28-16/h3-13H,2H2,1H3,(H,22,26)(H,23,25)/b12-7+. The summed E-state index contributed by atoms with van der Waals surface area (Å²) in [6.07, 6.45) is 4.40.